The zero-order valence-corrected chi connectivity index (χ0v) is 21.7. The lowest BCUT2D eigenvalue weighted by molar-refractivity contribution is -0.126. The SMILES string of the molecule is COC(=O)c1ccc2c(c1)N(C)C/C(C(=O)N1CC[C@H](F)C1)=C\c1ccccc1C=C2C1CCCCC1. The minimum Gasteiger partial charge on any atom is -0.465 e. The van der Waals surface area contributed by atoms with Gasteiger partial charge in [-0.25, -0.2) is 9.18 Å². The fourth-order valence-corrected chi connectivity index (χ4v) is 5.92. The quantitative estimate of drug-likeness (QED) is 0.483. The maximum atomic E-state index is 14.0. The van der Waals surface area contributed by atoms with Gasteiger partial charge in [0.15, 0.2) is 0 Å². The van der Waals surface area contributed by atoms with E-state index in [-0.39, 0.29) is 18.4 Å². The van der Waals surface area contributed by atoms with E-state index in [2.05, 4.69) is 12.1 Å². The van der Waals surface area contributed by atoms with Gasteiger partial charge in [0.1, 0.15) is 6.17 Å². The number of hydrogen-bond donors (Lipinski definition) is 0. The van der Waals surface area contributed by atoms with E-state index in [1.165, 1.54) is 31.9 Å². The summed E-state index contributed by atoms with van der Waals surface area (Å²) in [6.07, 6.45) is 9.58. The highest BCUT2D eigenvalue weighted by molar-refractivity contribution is 6.01. The lowest BCUT2D eigenvalue weighted by atomic mass is 9.79. The minimum absolute atomic E-state index is 0.135. The van der Waals surface area contributed by atoms with E-state index < -0.39 is 6.17 Å². The summed E-state index contributed by atoms with van der Waals surface area (Å²) >= 11 is 0. The molecule has 2 heterocycles. The molecule has 1 saturated heterocycles. The van der Waals surface area contributed by atoms with Crippen LogP contribution in [0.5, 0.6) is 0 Å². The van der Waals surface area contributed by atoms with E-state index in [0.717, 1.165) is 35.2 Å². The van der Waals surface area contributed by atoms with Crippen LogP contribution in [0.1, 0.15) is 65.6 Å². The molecular weight excluding hydrogens is 467 g/mol. The zero-order valence-electron chi connectivity index (χ0n) is 21.7. The Bertz CT molecular complexity index is 1240. The maximum Gasteiger partial charge on any atom is 0.337 e. The number of anilines is 1. The molecule has 194 valence electrons. The number of likely N-dealkylation sites (N-methyl/N-ethyl adjacent to an activating group) is 1. The van der Waals surface area contributed by atoms with Crippen molar-refractivity contribution < 1.29 is 18.7 Å². The van der Waals surface area contributed by atoms with Crippen LogP contribution in [-0.2, 0) is 9.53 Å². The topological polar surface area (TPSA) is 49.9 Å². The number of hydrogen-bond acceptors (Lipinski definition) is 4. The molecule has 37 heavy (non-hydrogen) atoms. The first-order valence-corrected chi connectivity index (χ1v) is 13.3. The number of benzene rings is 2. The monoisotopic (exact) mass is 502 g/mol. The highest BCUT2D eigenvalue weighted by Crippen LogP contribution is 2.41. The number of halogens is 1. The van der Waals surface area contributed by atoms with Crippen LogP contribution in [0, 0.1) is 5.92 Å². The van der Waals surface area contributed by atoms with Crippen molar-refractivity contribution >= 4 is 35.3 Å². The van der Waals surface area contributed by atoms with E-state index in [4.69, 9.17) is 4.74 Å². The van der Waals surface area contributed by atoms with Gasteiger partial charge in [-0.05, 0) is 60.1 Å². The molecule has 2 aromatic carbocycles. The van der Waals surface area contributed by atoms with Gasteiger partial charge in [0, 0.05) is 37.0 Å². The molecule has 0 N–H and O–H groups in total. The van der Waals surface area contributed by atoms with Gasteiger partial charge in [0.05, 0.1) is 19.2 Å². The van der Waals surface area contributed by atoms with Crippen LogP contribution < -0.4 is 4.90 Å². The molecule has 3 aliphatic rings. The smallest absolute Gasteiger partial charge is 0.337 e. The fourth-order valence-electron chi connectivity index (χ4n) is 5.92. The van der Waals surface area contributed by atoms with Crippen LogP contribution >= 0.6 is 0 Å². The van der Waals surface area contributed by atoms with E-state index >= 15 is 0 Å². The van der Waals surface area contributed by atoms with Gasteiger partial charge in [0.25, 0.3) is 5.91 Å². The highest BCUT2D eigenvalue weighted by Gasteiger charge is 2.30. The van der Waals surface area contributed by atoms with E-state index in [1.54, 1.807) is 4.90 Å². The Hall–Kier alpha value is -3.41. The van der Waals surface area contributed by atoms with Crippen molar-refractivity contribution in [2.75, 3.05) is 38.7 Å². The summed E-state index contributed by atoms with van der Waals surface area (Å²) < 4.78 is 19.0. The Morgan fingerprint density at radius 2 is 1.70 bits per heavy atom. The van der Waals surface area contributed by atoms with E-state index in [9.17, 15) is 14.0 Å². The molecular formula is C31H35FN2O3. The average molecular weight is 503 g/mol. The molecule has 2 fully saturated rings. The number of carbonyl (C=O) groups is 2. The second-order valence-corrected chi connectivity index (χ2v) is 10.4. The standard InChI is InChI=1S/C31H35FN2O3/c1-33-19-25(30(35)34-15-14-26(32)20-34)16-22-10-6-7-11-23(22)17-28(21-8-4-3-5-9-21)27-13-12-24(18-29(27)33)31(36)37-2/h6-7,10-13,16-18,21,26H,3-5,8-9,14-15,19-20H2,1-2H3/b25-16+,28-17?/t26-/m0/s1. The number of amides is 1. The maximum absolute atomic E-state index is 14.0. The summed E-state index contributed by atoms with van der Waals surface area (Å²) in [7, 11) is 3.34. The molecule has 2 aliphatic heterocycles. The Morgan fingerprint density at radius 3 is 2.38 bits per heavy atom. The highest BCUT2D eigenvalue weighted by atomic mass is 19.1. The van der Waals surface area contributed by atoms with Gasteiger partial charge in [-0.2, -0.15) is 0 Å². The summed E-state index contributed by atoms with van der Waals surface area (Å²) in [6, 6.07) is 13.9. The first-order chi connectivity index (χ1) is 17.9. The fraction of sp³-hybridized carbons (Fsp3) is 0.419. The van der Waals surface area contributed by atoms with Crippen molar-refractivity contribution in [1.82, 2.24) is 4.90 Å². The summed E-state index contributed by atoms with van der Waals surface area (Å²) in [5.74, 6) is -0.0993. The van der Waals surface area contributed by atoms with Gasteiger partial charge >= 0.3 is 5.97 Å². The predicted octanol–water partition coefficient (Wildman–Crippen LogP) is 6.00. The zero-order chi connectivity index (χ0) is 25.9. The van der Waals surface area contributed by atoms with Crippen LogP contribution in [0.25, 0.3) is 17.7 Å². The summed E-state index contributed by atoms with van der Waals surface area (Å²) in [5, 5.41) is 0. The van der Waals surface area contributed by atoms with Crippen molar-refractivity contribution in [3.8, 4) is 0 Å². The number of fused-ring (bicyclic) bond motifs is 2. The minimum atomic E-state index is -0.974. The molecule has 0 unspecified atom stereocenters. The molecule has 1 amide bonds. The lowest BCUT2D eigenvalue weighted by Gasteiger charge is -2.31. The molecule has 2 aromatic rings. The normalized spacial score (nSPS) is 21.9. The number of esters is 1. The largest absolute Gasteiger partial charge is 0.465 e. The number of carbonyl (C=O) groups excluding carboxylic acids is 2. The van der Waals surface area contributed by atoms with E-state index in [1.807, 2.05) is 54.4 Å². The van der Waals surface area contributed by atoms with Crippen LogP contribution in [0.3, 0.4) is 0 Å². The Labute approximate surface area is 218 Å². The number of alkyl halides is 1. The molecule has 5 rings (SSSR count). The summed E-state index contributed by atoms with van der Waals surface area (Å²) in [6.45, 7) is 0.907. The van der Waals surface area contributed by atoms with E-state index in [0.29, 0.717) is 36.6 Å². The predicted molar refractivity (Wildman–Crippen MR) is 146 cm³/mol. The molecule has 6 heteroatoms. The third kappa shape index (κ3) is 5.34. The van der Waals surface area contributed by atoms with Crippen molar-refractivity contribution in [3.05, 3.63) is 70.3 Å². The summed E-state index contributed by atoms with van der Waals surface area (Å²) in [4.78, 5) is 29.7. The third-order valence-corrected chi connectivity index (χ3v) is 7.92. The van der Waals surface area contributed by atoms with Gasteiger partial charge in [-0.15, -0.1) is 0 Å². The second-order valence-electron chi connectivity index (χ2n) is 10.4. The first kappa shape index (κ1) is 25.2. The number of rotatable bonds is 3. The van der Waals surface area contributed by atoms with Gasteiger partial charge in [-0.1, -0.05) is 55.7 Å². The van der Waals surface area contributed by atoms with Gasteiger partial charge < -0.3 is 14.5 Å². The average Bonchev–Trinajstić information content (AvgIpc) is 3.37. The Kier molecular flexibility index (Phi) is 7.45. The van der Waals surface area contributed by atoms with Gasteiger partial charge in [-0.3, -0.25) is 4.79 Å². The van der Waals surface area contributed by atoms with Crippen LogP contribution in [0.2, 0.25) is 0 Å². The number of methoxy groups -OCH3 is 1. The number of likely N-dealkylation sites (tertiary alicyclic amines) is 1. The van der Waals surface area contributed by atoms with Crippen molar-refractivity contribution in [3.63, 3.8) is 0 Å². The molecule has 1 atom stereocenters. The molecule has 0 spiro atoms. The van der Waals surface area contributed by atoms with Crippen molar-refractivity contribution in [2.24, 2.45) is 5.92 Å². The molecule has 0 radical (unpaired) electrons. The number of allylic oxidation sites excluding steroid dienone is 1. The third-order valence-electron chi connectivity index (χ3n) is 7.92. The first-order valence-electron chi connectivity index (χ1n) is 13.3. The molecule has 1 aliphatic carbocycles. The van der Waals surface area contributed by atoms with Gasteiger partial charge in [0.2, 0.25) is 0 Å². The lowest BCUT2D eigenvalue weighted by Crippen LogP contribution is -2.35. The van der Waals surface area contributed by atoms with Crippen LogP contribution in [0.15, 0.2) is 48.0 Å². The number of ether oxygens (including phenoxy) is 1. The van der Waals surface area contributed by atoms with Crippen LogP contribution in [-0.4, -0.2) is 56.7 Å². The van der Waals surface area contributed by atoms with Crippen molar-refractivity contribution in [2.45, 2.75) is 44.7 Å². The Balaban J connectivity index is 1.68. The van der Waals surface area contributed by atoms with Crippen molar-refractivity contribution in [1.29, 1.82) is 0 Å². The second kappa shape index (κ2) is 10.9. The number of nitrogens with zero attached hydrogens (tertiary/aromatic N) is 2. The molecule has 5 nitrogen and oxygen atoms in total. The molecule has 1 saturated carbocycles. The summed E-state index contributed by atoms with van der Waals surface area (Å²) in [5.41, 5.74) is 6.37. The molecule has 0 aromatic heterocycles. The molecule has 0 bridgehead atoms. The Morgan fingerprint density at radius 1 is 0.973 bits per heavy atom. The van der Waals surface area contributed by atoms with Crippen LogP contribution in [0.4, 0.5) is 10.1 Å².